The standard InChI is InChI=1S/C14H19ClO/c1-11(15)12-7-9-14(10-8-12)16-13-5-3-2-4-6-13/h7-11,13H,2-6H2,1H3. The number of halogens is 1. The van der Waals surface area contributed by atoms with E-state index >= 15 is 0 Å². The van der Waals surface area contributed by atoms with Crippen molar-refractivity contribution in [2.75, 3.05) is 0 Å². The highest BCUT2D eigenvalue weighted by molar-refractivity contribution is 6.20. The fourth-order valence-electron chi connectivity index (χ4n) is 2.19. The molecule has 1 aromatic rings. The maximum Gasteiger partial charge on any atom is 0.119 e. The van der Waals surface area contributed by atoms with Crippen LogP contribution in [0.5, 0.6) is 5.75 Å². The molecule has 0 amide bonds. The van der Waals surface area contributed by atoms with Gasteiger partial charge in [0.15, 0.2) is 0 Å². The molecule has 88 valence electrons. The highest BCUT2D eigenvalue weighted by Crippen LogP contribution is 2.25. The highest BCUT2D eigenvalue weighted by Gasteiger charge is 2.14. The minimum atomic E-state index is 0.0729. The Hall–Kier alpha value is -0.690. The molecular formula is C14H19ClO. The molecule has 1 nitrogen and oxygen atoms in total. The molecule has 1 saturated carbocycles. The summed E-state index contributed by atoms with van der Waals surface area (Å²) in [6, 6.07) is 8.16. The van der Waals surface area contributed by atoms with Gasteiger partial charge >= 0.3 is 0 Å². The maximum atomic E-state index is 6.01. The lowest BCUT2D eigenvalue weighted by Crippen LogP contribution is -2.19. The number of hydrogen-bond acceptors (Lipinski definition) is 1. The first-order chi connectivity index (χ1) is 7.75. The van der Waals surface area contributed by atoms with Crippen LogP contribution in [-0.2, 0) is 0 Å². The van der Waals surface area contributed by atoms with Crippen molar-refractivity contribution >= 4 is 11.6 Å². The summed E-state index contributed by atoms with van der Waals surface area (Å²) in [6.07, 6.45) is 6.81. The highest BCUT2D eigenvalue weighted by atomic mass is 35.5. The zero-order valence-corrected chi connectivity index (χ0v) is 10.5. The Balaban J connectivity index is 1.93. The molecule has 2 heteroatoms. The molecule has 0 aromatic heterocycles. The lowest BCUT2D eigenvalue weighted by atomic mass is 9.98. The molecule has 0 radical (unpaired) electrons. The molecule has 0 bridgehead atoms. The van der Waals surface area contributed by atoms with Gasteiger partial charge in [0.25, 0.3) is 0 Å². The molecule has 1 fully saturated rings. The van der Waals surface area contributed by atoms with Crippen LogP contribution < -0.4 is 4.74 Å². The Morgan fingerprint density at radius 1 is 1.12 bits per heavy atom. The summed E-state index contributed by atoms with van der Waals surface area (Å²) >= 11 is 6.01. The predicted octanol–water partition coefficient (Wildman–Crippen LogP) is 4.70. The van der Waals surface area contributed by atoms with Gasteiger partial charge in [-0.2, -0.15) is 0 Å². The second-order valence-electron chi connectivity index (χ2n) is 4.56. The van der Waals surface area contributed by atoms with Gasteiger partial charge in [0, 0.05) is 0 Å². The molecule has 0 saturated heterocycles. The van der Waals surface area contributed by atoms with Gasteiger partial charge in [-0.25, -0.2) is 0 Å². The summed E-state index contributed by atoms with van der Waals surface area (Å²) in [5.41, 5.74) is 1.15. The van der Waals surface area contributed by atoms with Crippen LogP contribution in [0.15, 0.2) is 24.3 Å². The van der Waals surface area contributed by atoms with Crippen LogP contribution in [0.2, 0.25) is 0 Å². The molecule has 2 rings (SSSR count). The maximum absolute atomic E-state index is 6.01. The monoisotopic (exact) mass is 238 g/mol. The molecule has 0 aliphatic heterocycles. The first-order valence-corrected chi connectivity index (χ1v) is 6.60. The van der Waals surface area contributed by atoms with Crippen molar-refractivity contribution in [3.8, 4) is 5.75 Å². The third-order valence-electron chi connectivity index (χ3n) is 3.19. The molecule has 1 aliphatic carbocycles. The Morgan fingerprint density at radius 2 is 1.75 bits per heavy atom. The van der Waals surface area contributed by atoms with E-state index in [0.29, 0.717) is 6.10 Å². The van der Waals surface area contributed by atoms with E-state index in [1.807, 2.05) is 19.1 Å². The van der Waals surface area contributed by atoms with Crippen LogP contribution in [0.4, 0.5) is 0 Å². The first-order valence-electron chi connectivity index (χ1n) is 6.16. The van der Waals surface area contributed by atoms with Gasteiger partial charge in [-0.1, -0.05) is 18.6 Å². The third-order valence-corrected chi connectivity index (χ3v) is 3.45. The molecule has 1 aromatic carbocycles. The summed E-state index contributed by atoms with van der Waals surface area (Å²) < 4.78 is 5.95. The van der Waals surface area contributed by atoms with Crippen LogP contribution in [0.3, 0.4) is 0 Å². The number of alkyl halides is 1. The fraction of sp³-hybridized carbons (Fsp3) is 0.571. The molecule has 0 heterocycles. The fourth-order valence-corrected chi connectivity index (χ4v) is 2.33. The van der Waals surface area contributed by atoms with Crippen LogP contribution in [-0.4, -0.2) is 6.10 Å². The van der Waals surface area contributed by atoms with E-state index in [2.05, 4.69) is 12.1 Å². The summed E-state index contributed by atoms with van der Waals surface area (Å²) in [5, 5.41) is 0.0729. The Kier molecular flexibility index (Phi) is 4.11. The zero-order valence-electron chi connectivity index (χ0n) is 9.79. The van der Waals surface area contributed by atoms with Crippen LogP contribution >= 0.6 is 11.6 Å². The molecule has 1 atom stereocenters. The van der Waals surface area contributed by atoms with Crippen LogP contribution in [0.1, 0.15) is 50.0 Å². The van der Waals surface area contributed by atoms with Crippen LogP contribution in [0, 0.1) is 0 Å². The lowest BCUT2D eigenvalue weighted by Gasteiger charge is -2.23. The van der Waals surface area contributed by atoms with E-state index < -0.39 is 0 Å². The van der Waals surface area contributed by atoms with E-state index in [-0.39, 0.29) is 5.38 Å². The average molecular weight is 239 g/mol. The number of rotatable bonds is 3. The van der Waals surface area contributed by atoms with Gasteiger partial charge in [-0.3, -0.25) is 0 Å². The topological polar surface area (TPSA) is 9.23 Å². The summed E-state index contributed by atoms with van der Waals surface area (Å²) in [4.78, 5) is 0. The van der Waals surface area contributed by atoms with Gasteiger partial charge < -0.3 is 4.74 Å². The van der Waals surface area contributed by atoms with Gasteiger partial charge in [-0.05, 0) is 50.3 Å². The van der Waals surface area contributed by atoms with Gasteiger partial charge in [-0.15, -0.1) is 11.6 Å². The second-order valence-corrected chi connectivity index (χ2v) is 5.22. The zero-order chi connectivity index (χ0) is 11.4. The van der Waals surface area contributed by atoms with Gasteiger partial charge in [0.1, 0.15) is 5.75 Å². The van der Waals surface area contributed by atoms with Crippen molar-refractivity contribution in [2.24, 2.45) is 0 Å². The van der Waals surface area contributed by atoms with E-state index in [4.69, 9.17) is 16.3 Å². The summed E-state index contributed by atoms with van der Waals surface area (Å²) in [6.45, 7) is 1.98. The average Bonchev–Trinajstić information content (AvgIpc) is 2.31. The molecular weight excluding hydrogens is 220 g/mol. The third kappa shape index (κ3) is 3.15. The number of benzene rings is 1. The van der Waals surface area contributed by atoms with E-state index in [9.17, 15) is 0 Å². The van der Waals surface area contributed by atoms with Gasteiger partial charge in [0.05, 0.1) is 11.5 Å². The van der Waals surface area contributed by atoms with Gasteiger partial charge in [0.2, 0.25) is 0 Å². The largest absolute Gasteiger partial charge is 0.490 e. The molecule has 0 N–H and O–H groups in total. The smallest absolute Gasteiger partial charge is 0.119 e. The molecule has 1 aliphatic rings. The second kappa shape index (κ2) is 5.58. The number of ether oxygens (including phenoxy) is 1. The predicted molar refractivity (Wildman–Crippen MR) is 68.2 cm³/mol. The number of hydrogen-bond donors (Lipinski definition) is 0. The Morgan fingerprint density at radius 3 is 2.31 bits per heavy atom. The van der Waals surface area contributed by atoms with E-state index in [0.717, 1.165) is 11.3 Å². The molecule has 0 spiro atoms. The normalized spacial score (nSPS) is 19.4. The van der Waals surface area contributed by atoms with Crippen LogP contribution in [0.25, 0.3) is 0 Å². The SMILES string of the molecule is CC(Cl)c1ccc(OC2CCCCC2)cc1. The Labute approximate surface area is 103 Å². The Bertz CT molecular complexity index is 312. The van der Waals surface area contributed by atoms with Crippen molar-refractivity contribution in [1.29, 1.82) is 0 Å². The van der Waals surface area contributed by atoms with E-state index in [1.54, 1.807) is 0 Å². The van der Waals surface area contributed by atoms with Crippen molar-refractivity contribution < 1.29 is 4.74 Å². The minimum Gasteiger partial charge on any atom is -0.490 e. The summed E-state index contributed by atoms with van der Waals surface area (Å²) in [7, 11) is 0. The minimum absolute atomic E-state index is 0.0729. The lowest BCUT2D eigenvalue weighted by molar-refractivity contribution is 0.155. The van der Waals surface area contributed by atoms with Crippen molar-refractivity contribution in [1.82, 2.24) is 0 Å². The first kappa shape index (κ1) is 11.8. The molecule has 16 heavy (non-hydrogen) atoms. The quantitative estimate of drug-likeness (QED) is 0.694. The van der Waals surface area contributed by atoms with Crippen molar-refractivity contribution in [3.63, 3.8) is 0 Å². The van der Waals surface area contributed by atoms with E-state index in [1.165, 1.54) is 32.1 Å². The van der Waals surface area contributed by atoms with Crippen molar-refractivity contribution in [2.45, 2.75) is 50.5 Å². The molecule has 1 unspecified atom stereocenters. The van der Waals surface area contributed by atoms with Crippen molar-refractivity contribution in [3.05, 3.63) is 29.8 Å². The summed E-state index contributed by atoms with van der Waals surface area (Å²) in [5.74, 6) is 0.980.